The maximum atomic E-state index is 14.1. The van der Waals surface area contributed by atoms with Crippen molar-refractivity contribution >= 4 is 34.3 Å². The Balaban J connectivity index is -0.00000117. The molecule has 3 heterocycles. The Morgan fingerprint density at radius 3 is 1.97 bits per heavy atom. The number of carbonyl (C=O) groups is 3. The van der Waals surface area contributed by atoms with Gasteiger partial charge in [-0.15, -0.1) is 13.2 Å². The molecular formula is C53H96FN5O5. The standard InChI is InChI=1S/C29H36FN3O5.C6H13N.C5H13N.C5H12.3C2H6.C2H4/c1-18(2)38-29(36)28(35)33-13-4-5-23(33)16-25-24-11-10-22(30)15-26(24)32-27(25)21-8-6-20(7-9-21)17-31-12-14-37-19(3)34;1-6-4-3-5-7(6)2;1-5(2,3)4-6;1-5(2,3)4;4*1-2/h6,8-11,15,18,20,23,31-32H,4-5,7,12-14,16-17H2,1-3H3;6H,3-5H2,1-2H3;4,6H2,1-3H3;1-4H3;3*1-2H3;1-2H2. The van der Waals surface area contributed by atoms with Crippen LogP contribution in [0.4, 0.5) is 4.39 Å². The van der Waals surface area contributed by atoms with Crippen LogP contribution in [0.25, 0.3) is 16.5 Å². The number of aromatic amines is 1. The number of fused-ring (bicyclic) bond motifs is 1. The number of ether oxygens (including phenoxy) is 2. The van der Waals surface area contributed by atoms with Crippen molar-refractivity contribution in [3.8, 4) is 0 Å². The molecule has 10 nitrogen and oxygen atoms in total. The molecule has 1 aromatic carbocycles. The van der Waals surface area contributed by atoms with Gasteiger partial charge in [0.2, 0.25) is 0 Å². The van der Waals surface area contributed by atoms with E-state index in [1.165, 1.54) is 38.4 Å². The summed E-state index contributed by atoms with van der Waals surface area (Å²) in [5.74, 6) is -1.73. The highest BCUT2D eigenvalue weighted by Crippen LogP contribution is 2.34. The van der Waals surface area contributed by atoms with E-state index in [1.807, 2.05) is 41.5 Å². The molecule has 4 N–H and O–H groups in total. The predicted octanol–water partition coefficient (Wildman–Crippen LogP) is 11.9. The largest absolute Gasteiger partial charge is 0.465 e. The molecule has 2 aromatic rings. The van der Waals surface area contributed by atoms with Crippen molar-refractivity contribution in [1.29, 1.82) is 0 Å². The van der Waals surface area contributed by atoms with E-state index in [-0.39, 0.29) is 23.9 Å². The quantitative estimate of drug-likeness (QED) is 0.0982. The third-order valence-electron chi connectivity index (χ3n) is 9.43. The molecule has 370 valence electrons. The second kappa shape index (κ2) is 35.5. The van der Waals surface area contributed by atoms with Crippen molar-refractivity contribution in [1.82, 2.24) is 20.1 Å². The molecule has 3 aliphatic rings. The van der Waals surface area contributed by atoms with Gasteiger partial charge in [-0.25, -0.2) is 9.18 Å². The van der Waals surface area contributed by atoms with E-state index >= 15 is 0 Å². The van der Waals surface area contributed by atoms with Crippen molar-refractivity contribution in [2.45, 2.75) is 174 Å². The average molecular weight is 902 g/mol. The summed E-state index contributed by atoms with van der Waals surface area (Å²) in [6, 6.07) is 5.41. The first kappa shape index (κ1) is 64.5. The molecule has 0 spiro atoms. The van der Waals surface area contributed by atoms with E-state index in [1.54, 1.807) is 24.8 Å². The fourth-order valence-electron chi connectivity index (χ4n) is 6.25. The first-order valence-electron chi connectivity index (χ1n) is 24.0. The molecule has 3 unspecified atom stereocenters. The topological polar surface area (TPSA) is 130 Å². The molecule has 2 aliphatic heterocycles. The highest BCUT2D eigenvalue weighted by atomic mass is 19.1. The normalized spacial score (nSPS) is 17.5. The number of esters is 2. The summed E-state index contributed by atoms with van der Waals surface area (Å²) in [6.45, 7) is 44.5. The summed E-state index contributed by atoms with van der Waals surface area (Å²) in [5.41, 5.74) is 9.76. The molecule has 0 radical (unpaired) electrons. The van der Waals surface area contributed by atoms with Crippen LogP contribution >= 0.6 is 0 Å². The smallest absolute Gasteiger partial charge is 0.397 e. The number of likely N-dealkylation sites (tertiary alicyclic amines) is 2. The number of amides is 1. The molecule has 2 fully saturated rings. The van der Waals surface area contributed by atoms with E-state index in [2.05, 4.69) is 109 Å². The van der Waals surface area contributed by atoms with E-state index in [9.17, 15) is 18.8 Å². The number of nitrogens with one attached hydrogen (secondary N) is 2. The van der Waals surface area contributed by atoms with E-state index in [4.69, 9.17) is 15.2 Å². The zero-order valence-electron chi connectivity index (χ0n) is 44.1. The minimum Gasteiger partial charge on any atom is -0.465 e. The third-order valence-corrected chi connectivity index (χ3v) is 9.43. The highest BCUT2D eigenvalue weighted by molar-refractivity contribution is 6.32. The second-order valence-electron chi connectivity index (χ2n) is 18.4. The molecule has 3 atom stereocenters. The molecule has 64 heavy (non-hydrogen) atoms. The lowest BCUT2D eigenvalue weighted by atomic mass is 9.91. The zero-order valence-corrected chi connectivity index (χ0v) is 44.1. The molecule has 5 rings (SSSR count). The van der Waals surface area contributed by atoms with Gasteiger partial charge in [-0.3, -0.25) is 9.59 Å². The first-order valence-corrected chi connectivity index (χ1v) is 24.0. The van der Waals surface area contributed by atoms with Gasteiger partial charge >= 0.3 is 17.8 Å². The predicted molar refractivity (Wildman–Crippen MR) is 273 cm³/mol. The lowest BCUT2D eigenvalue weighted by molar-refractivity contribution is -0.163. The van der Waals surface area contributed by atoms with Crippen molar-refractivity contribution in [2.24, 2.45) is 22.5 Å². The lowest BCUT2D eigenvalue weighted by Gasteiger charge is -2.25. The number of allylic oxidation sites excluding steroid dienone is 3. The minimum absolute atomic E-state index is 0.146. The number of hydrogen-bond donors (Lipinski definition) is 3. The van der Waals surface area contributed by atoms with Gasteiger partial charge in [0.25, 0.3) is 0 Å². The molecule has 0 saturated carbocycles. The van der Waals surface area contributed by atoms with E-state index < -0.39 is 11.9 Å². The molecule has 2 saturated heterocycles. The summed E-state index contributed by atoms with van der Waals surface area (Å²) >= 11 is 0. The van der Waals surface area contributed by atoms with Crippen molar-refractivity contribution < 1.29 is 28.2 Å². The van der Waals surface area contributed by atoms with Crippen LogP contribution < -0.4 is 11.1 Å². The summed E-state index contributed by atoms with van der Waals surface area (Å²) in [6.07, 6.45) is 11.8. The highest BCUT2D eigenvalue weighted by Gasteiger charge is 2.35. The Morgan fingerprint density at radius 1 is 0.969 bits per heavy atom. The van der Waals surface area contributed by atoms with Gasteiger partial charge in [-0.05, 0) is 126 Å². The monoisotopic (exact) mass is 902 g/mol. The van der Waals surface area contributed by atoms with Gasteiger partial charge < -0.3 is 35.3 Å². The van der Waals surface area contributed by atoms with Crippen molar-refractivity contribution in [3.05, 3.63) is 66.7 Å². The average Bonchev–Trinajstić information content (AvgIpc) is 3.98. The molecule has 11 heteroatoms. The third kappa shape index (κ3) is 28.2. The molecule has 1 amide bonds. The van der Waals surface area contributed by atoms with Crippen LogP contribution in [0.15, 0.2) is 49.6 Å². The maximum absolute atomic E-state index is 14.1. The van der Waals surface area contributed by atoms with Gasteiger partial charge in [-0.1, -0.05) is 108 Å². The lowest BCUT2D eigenvalue weighted by Crippen LogP contribution is -2.42. The Bertz CT molecular complexity index is 1610. The van der Waals surface area contributed by atoms with Gasteiger partial charge in [0.05, 0.1) is 6.10 Å². The van der Waals surface area contributed by atoms with Gasteiger partial charge in [0.15, 0.2) is 0 Å². The Kier molecular flexibility index (Phi) is 35.7. The number of hydrogen-bond acceptors (Lipinski definition) is 8. The van der Waals surface area contributed by atoms with Crippen molar-refractivity contribution in [2.75, 3.05) is 46.4 Å². The Labute approximate surface area is 391 Å². The van der Waals surface area contributed by atoms with Crippen LogP contribution in [-0.4, -0.2) is 97.2 Å². The SMILES string of the molecule is C=C.CC.CC.CC.CC(=O)OCCNCC1C=CC(c2[nH]c3cc(F)ccc3c2CC2CCCN2C(=O)C(=O)OC(C)C)=CC1.CC(C)(C)C.CC(C)(C)CN.CC1CCCN1C. The summed E-state index contributed by atoms with van der Waals surface area (Å²) in [4.78, 5) is 43.5. The van der Waals surface area contributed by atoms with Crippen LogP contribution in [0.3, 0.4) is 0 Å². The van der Waals surface area contributed by atoms with Gasteiger partial charge in [-0.2, -0.15) is 0 Å². The first-order chi connectivity index (χ1) is 30.1. The number of benzene rings is 1. The number of nitrogens with two attached hydrogens (primary N) is 1. The minimum atomic E-state index is -0.821. The fourth-order valence-corrected chi connectivity index (χ4v) is 6.25. The molecule has 0 bridgehead atoms. The van der Waals surface area contributed by atoms with Crippen LogP contribution in [0.2, 0.25) is 0 Å². The van der Waals surface area contributed by atoms with Crippen LogP contribution in [0.5, 0.6) is 0 Å². The van der Waals surface area contributed by atoms with Crippen molar-refractivity contribution in [3.63, 3.8) is 0 Å². The number of nitrogens with zero attached hydrogens (tertiary/aromatic N) is 2. The molecule has 1 aliphatic carbocycles. The van der Waals surface area contributed by atoms with Crippen LogP contribution in [0, 0.1) is 22.6 Å². The Morgan fingerprint density at radius 2 is 1.53 bits per heavy atom. The Hall–Kier alpha value is -3.80. The number of halogens is 1. The number of aromatic nitrogens is 1. The zero-order chi connectivity index (χ0) is 50.2. The maximum Gasteiger partial charge on any atom is 0.397 e. The van der Waals surface area contributed by atoms with Gasteiger partial charge in [0.1, 0.15) is 12.4 Å². The number of rotatable bonds is 9. The number of H-pyrrole nitrogens is 1. The molecule has 1 aromatic heterocycles. The summed E-state index contributed by atoms with van der Waals surface area (Å²) < 4.78 is 24.2. The fraction of sp³-hybridized carbons (Fsp3) is 0.679. The number of carbonyl (C=O) groups excluding carboxylic acids is 3. The summed E-state index contributed by atoms with van der Waals surface area (Å²) in [5, 5.41) is 4.22. The summed E-state index contributed by atoms with van der Waals surface area (Å²) in [7, 11) is 2.19. The van der Waals surface area contributed by atoms with Crippen LogP contribution in [-0.2, 0) is 30.3 Å². The molecular weight excluding hydrogens is 806 g/mol. The van der Waals surface area contributed by atoms with E-state index in [0.29, 0.717) is 48.4 Å². The van der Waals surface area contributed by atoms with Crippen LogP contribution in [0.1, 0.15) is 161 Å². The second-order valence-corrected chi connectivity index (χ2v) is 18.4. The van der Waals surface area contributed by atoms with E-state index in [0.717, 1.165) is 60.6 Å². The van der Waals surface area contributed by atoms with Gasteiger partial charge in [0, 0.05) is 55.2 Å².